The summed E-state index contributed by atoms with van der Waals surface area (Å²) < 4.78 is 12.8. The van der Waals surface area contributed by atoms with Crippen LogP contribution in [0.2, 0.25) is 0 Å². The molecule has 1 fully saturated rings. The zero-order valence-electron chi connectivity index (χ0n) is 12.6. The minimum atomic E-state index is -0.373. The molecule has 1 aliphatic heterocycles. The van der Waals surface area contributed by atoms with Gasteiger partial charge in [-0.05, 0) is 43.5 Å². The highest BCUT2D eigenvalue weighted by Crippen LogP contribution is 2.17. The van der Waals surface area contributed by atoms with Crippen LogP contribution in [0.3, 0.4) is 0 Å². The lowest BCUT2D eigenvalue weighted by Crippen LogP contribution is -2.40. The third-order valence-electron chi connectivity index (χ3n) is 3.93. The number of rotatable bonds is 6. The molecule has 0 aliphatic carbocycles. The summed E-state index contributed by atoms with van der Waals surface area (Å²) in [4.78, 5) is 25.7. The van der Waals surface area contributed by atoms with E-state index < -0.39 is 0 Å². The molecule has 0 radical (unpaired) electrons. The molecule has 5 nitrogen and oxygen atoms in total. The summed E-state index contributed by atoms with van der Waals surface area (Å²) in [5.41, 5.74) is 6.07. The van der Waals surface area contributed by atoms with Crippen molar-refractivity contribution in [2.24, 2.45) is 5.73 Å². The fourth-order valence-electron chi connectivity index (χ4n) is 2.70. The Kier molecular flexibility index (Phi) is 5.89. The van der Waals surface area contributed by atoms with Gasteiger partial charge in [-0.2, -0.15) is 0 Å². The molecule has 22 heavy (non-hydrogen) atoms. The second-order valence-corrected chi connectivity index (χ2v) is 5.49. The molecular weight excluding hydrogens is 285 g/mol. The van der Waals surface area contributed by atoms with Gasteiger partial charge in [0.15, 0.2) is 0 Å². The number of hydrogen-bond donors (Lipinski definition) is 2. The van der Waals surface area contributed by atoms with Gasteiger partial charge in [0.2, 0.25) is 5.91 Å². The predicted octanol–water partition coefficient (Wildman–Crippen LogP) is 1.29. The van der Waals surface area contributed by atoms with Crippen molar-refractivity contribution >= 4 is 11.8 Å². The van der Waals surface area contributed by atoms with Crippen LogP contribution in [0.5, 0.6) is 0 Å². The van der Waals surface area contributed by atoms with Crippen LogP contribution in [-0.2, 0) is 4.79 Å². The molecule has 2 rings (SSSR count). The first-order chi connectivity index (χ1) is 10.6. The van der Waals surface area contributed by atoms with E-state index in [1.807, 2.05) is 4.90 Å². The van der Waals surface area contributed by atoms with E-state index in [4.69, 9.17) is 5.73 Å². The summed E-state index contributed by atoms with van der Waals surface area (Å²) in [5.74, 6) is -0.528. The van der Waals surface area contributed by atoms with E-state index in [1.165, 1.54) is 24.3 Å². The van der Waals surface area contributed by atoms with Crippen molar-refractivity contribution in [3.05, 3.63) is 35.6 Å². The minimum absolute atomic E-state index is 0.101. The molecule has 0 aromatic heterocycles. The second kappa shape index (κ2) is 7.89. The zero-order chi connectivity index (χ0) is 15.9. The molecule has 1 aromatic carbocycles. The zero-order valence-corrected chi connectivity index (χ0v) is 12.6. The molecule has 0 spiro atoms. The number of hydrogen-bond acceptors (Lipinski definition) is 3. The SMILES string of the molecule is NCC1CCCN1C(=O)CCCNC(=O)c1ccc(F)cc1. The van der Waals surface area contributed by atoms with Gasteiger partial charge < -0.3 is 16.0 Å². The number of benzene rings is 1. The summed E-state index contributed by atoms with van der Waals surface area (Å²) in [6.45, 7) is 1.71. The largest absolute Gasteiger partial charge is 0.352 e. The first kappa shape index (κ1) is 16.4. The monoisotopic (exact) mass is 307 g/mol. The summed E-state index contributed by atoms with van der Waals surface area (Å²) >= 11 is 0. The van der Waals surface area contributed by atoms with Crippen LogP contribution >= 0.6 is 0 Å². The van der Waals surface area contributed by atoms with Crippen LogP contribution in [-0.4, -0.2) is 42.4 Å². The molecule has 1 saturated heterocycles. The van der Waals surface area contributed by atoms with Crippen LogP contribution in [0.1, 0.15) is 36.0 Å². The maximum atomic E-state index is 12.8. The van der Waals surface area contributed by atoms with E-state index in [2.05, 4.69) is 5.32 Å². The Morgan fingerprint density at radius 3 is 2.73 bits per heavy atom. The van der Waals surface area contributed by atoms with E-state index in [-0.39, 0.29) is 23.7 Å². The molecule has 1 atom stereocenters. The van der Waals surface area contributed by atoms with Crippen molar-refractivity contribution in [1.82, 2.24) is 10.2 Å². The molecule has 120 valence electrons. The number of nitrogens with zero attached hydrogens (tertiary/aromatic N) is 1. The third kappa shape index (κ3) is 4.27. The molecule has 1 heterocycles. The highest BCUT2D eigenvalue weighted by molar-refractivity contribution is 5.94. The number of carbonyl (C=O) groups is 2. The van der Waals surface area contributed by atoms with Gasteiger partial charge in [-0.3, -0.25) is 9.59 Å². The maximum Gasteiger partial charge on any atom is 0.251 e. The predicted molar refractivity (Wildman–Crippen MR) is 81.8 cm³/mol. The quantitative estimate of drug-likeness (QED) is 0.778. The van der Waals surface area contributed by atoms with Crippen LogP contribution in [0, 0.1) is 5.82 Å². The van der Waals surface area contributed by atoms with Gasteiger partial charge in [0.05, 0.1) is 0 Å². The average molecular weight is 307 g/mol. The lowest BCUT2D eigenvalue weighted by Gasteiger charge is -2.23. The van der Waals surface area contributed by atoms with Crippen molar-refractivity contribution in [3.63, 3.8) is 0 Å². The van der Waals surface area contributed by atoms with Crippen LogP contribution in [0.4, 0.5) is 4.39 Å². The van der Waals surface area contributed by atoms with E-state index in [0.717, 1.165) is 19.4 Å². The average Bonchev–Trinajstić information content (AvgIpc) is 3.00. The Labute approximate surface area is 129 Å². The first-order valence-corrected chi connectivity index (χ1v) is 7.65. The van der Waals surface area contributed by atoms with Gasteiger partial charge in [-0.25, -0.2) is 4.39 Å². The normalized spacial score (nSPS) is 17.5. The fraction of sp³-hybridized carbons (Fsp3) is 0.500. The minimum Gasteiger partial charge on any atom is -0.352 e. The summed E-state index contributed by atoms with van der Waals surface area (Å²) in [5, 5.41) is 2.73. The molecule has 1 aliphatic rings. The molecule has 0 saturated carbocycles. The van der Waals surface area contributed by atoms with Crippen molar-refractivity contribution in [2.75, 3.05) is 19.6 Å². The van der Waals surface area contributed by atoms with Crippen molar-refractivity contribution in [3.8, 4) is 0 Å². The Balaban J connectivity index is 1.69. The number of nitrogens with two attached hydrogens (primary N) is 1. The lowest BCUT2D eigenvalue weighted by molar-refractivity contribution is -0.131. The number of nitrogens with one attached hydrogen (secondary N) is 1. The molecule has 1 unspecified atom stereocenters. The van der Waals surface area contributed by atoms with Gasteiger partial charge >= 0.3 is 0 Å². The third-order valence-corrected chi connectivity index (χ3v) is 3.93. The van der Waals surface area contributed by atoms with Gasteiger partial charge in [0.25, 0.3) is 5.91 Å². The number of halogens is 1. The summed E-state index contributed by atoms with van der Waals surface area (Å²) in [7, 11) is 0. The fourth-order valence-corrected chi connectivity index (χ4v) is 2.70. The van der Waals surface area contributed by atoms with Crippen molar-refractivity contribution in [2.45, 2.75) is 31.7 Å². The summed E-state index contributed by atoms with van der Waals surface area (Å²) in [6, 6.07) is 5.54. The molecule has 0 bridgehead atoms. The van der Waals surface area contributed by atoms with Gasteiger partial charge in [-0.1, -0.05) is 0 Å². The van der Waals surface area contributed by atoms with E-state index in [9.17, 15) is 14.0 Å². The first-order valence-electron chi connectivity index (χ1n) is 7.65. The van der Waals surface area contributed by atoms with E-state index in [0.29, 0.717) is 31.5 Å². The van der Waals surface area contributed by atoms with Gasteiger partial charge in [-0.15, -0.1) is 0 Å². The molecular formula is C16H22FN3O2. The Morgan fingerprint density at radius 1 is 1.32 bits per heavy atom. The smallest absolute Gasteiger partial charge is 0.251 e. The Morgan fingerprint density at radius 2 is 2.05 bits per heavy atom. The van der Waals surface area contributed by atoms with E-state index >= 15 is 0 Å². The molecule has 2 amide bonds. The van der Waals surface area contributed by atoms with Crippen molar-refractivity contribution < 1.29 is 14.0 Å². The standard InChI is InChI=1S/C16H22FN3O2/c17-13-7-5-12(6-8-13)16(22)19-9-1-4-15(21)20-10-2-3-14(20)11-18/h5-8,14H,1-4,9-11,18H2,(H,19,22). The highest BCUT2D eigenvalue weighted by Gasteiger charge is 2.26. The van der Waals surface area contributed by atoms with Gasteiger partial charge in [0.1, 0.15) is 5.82 Å². The second-order valence-electron chi connectivity index (χ2n) is 5.49. The lowest BCUT2D eigenvalue weighted by atomic mass is 10.2. The maximum absolute atomic E-state index is 12.8. The van der Waals surface area contributed by atoms with Gasteiger partial charge in [0, 0.05) is 37.7 Å². The summed E-state index contributed by atoms with van der Waals surface area (Å²) in [6.07, 6.45) is 2.97. The highest BCUT2D eigenvalue weighted by atomic mass is 19.1. The Bertz CT molecular complexity index is 519. The number of amides is 2. The van der Waals surface area contributed by atoms with E-state index in [1.54, 1.807) is 0 Å². The molecule has 3 N–H and O–H groups in total. The number of carbonyl (C=O) groups excluding carboxylic acids is 2. The molecule has 1 aromatic rings. The Hall–Kier alpha value is -1.95. The van der Waals surface area contributed by atoms with Crippen LogP contribution in [0.15, 0.2) is 24.3 Å². The van der Waals surface area contributed by atoms with Crippen LogP contribution < -0.4 is 11.1 Å². The van der Waals surface area contributed by atoms with Crippen LogP contribution in [0.25, 0.3) is 0 Å². The topological polar surface area (TPSA) is 75.4 Å². The molecule has 6 heteroatoms. The number of likely N-dealkylation sites (tertiary alicyclic amines) is 1. The van der Waals surface area contributed by atoms with Crippen molar-refractivity contribution in [1.29, 1.82) is 0 Å².